The number of rotatable bonds is 15. The minimum absolute atomic E-state index is 0.0378. The Hall–Kier alpha value is -4.00. The number of aliphatic carboxylic acids is 2. The van der Waals surface area contributed by atoms with Crippen LogP contribution in [0.3, 0.4) is 0 Å². The number of primary amides is 1. The van der Waals surface area contributed by atoms with Gasteiger partial charge in [0.15, 0.2) is 0 Å². The van der Waals surface area contributed by atoms with Crippen molar-refractivity contribution in [2.24, 2.45) is 17.4 Å². The van der Waals surface area contributed by atoms with Gasteiger partial charge in [0, 0.05) is 12.8 Å². The van der Waals surface area contributed by atoms with Crippen molar-refractivity contribution in [3.05, 3.63) is 35.9 Å². The van der Waals surface area contributed by atoms with Gasteiger partial charge in [-0.25, -0.2) is 4.79 Å². The Morgan fingerprint density at radius 1 is 0.861 bits per heavy atom. The maximum absolute atomic E-state index is 12.9. The summed E-state index contributed by atoms with van der Waals surface area (Å²) >= 11 is 0. The molecular formula is C23H33N5O8. The molecule has 0 bridgehead atoms. The average Bonchev–Trinajstić information content (AvgIpc) is 2.78. The second-order valence-electron chi connectivity index (χ2n) is 8.59. The standard InChI is InChI=1S/C23H33N5O8/c1-12(2)19(28-20(32)14(24)11-17(25)29)22(34)26-15(8-9-18(30)31)21(33)27-16(23(35)36)10-13-6-4-3-5-7-13/h3-7,12,14-16,19H,8-11,24H2,1-2H3,(H2,25,29)(H,26,34)(H,27,33)(H,28,32)(H,30,31)(H,35,36). The maximum atomic E-state index is 12.9. The molecule has 198 valence electrons. The Labute approximate surface area is 208 Å². The molecule has 0 heterocycles. The van der Waals surface area contributed by atoms with Gasteiger partial charge in [-0.3, -0.25) is 24.0 Å². The third kappa shape index (κ3) is 10.5. The average molecular weight is 508 g/mol. The van der Waals surface area contributed by atoms with Gasteiger partial charge in [0.1, 0.15) is 18.1 Å². The van der Waals surface area contributed by atoms with Crippen LogP contribution in [0.1, 0.15) is 38.7 Å². The van der Waals surface area contributed by atoms with Crippen molar-refractivity contribution in [2.75, 3.05) is 0 Å². The van der Waals surface area contributed by atoms with Crippen molar-refractivity contribution in [2.45, 2.75) is 63.7 Å². The first-order chi connectivity index (χ1) is 16.8. The van der Waals surface area contributed by atoms with Crippen LogP contribution in [0.4, 0.5) is 0 Å². The largest absolute Gasteiger partial charge is 0.481 e. The highest BCUT2D eigenvalue weighted by Gasteiger charge is 2.32. The zero-order chi connectivity index (χ0) is 27.4. The molecule has 36 heavy (non-hydrogen) atoms. The van der Waals surface area contributed by atoms with Crippen LogP contribution in [-0.2, 0) is 35.2 Å². The molecule has 0 aliphatic carbocycles. The van der Waals surface area contributed by atoms with Crippen LogP contribution in [0.2, 0.25) is 0 Å². The van der Waals surface area contributed by atoms with Gasteiger partial charge in [-0.1, -0.05) is 44.2 Å². The lowest BCUT2D eigenvalue weighted by molar-refractivity contribution is -0.143. The van der Waals surface area contributed by atoms with E-state index in [4.69, 9.17) is 16.6 Å². The van der Waals surface area contributed by atoms with E-state index >= 15 is 0 Å². The number of hydrogen-bond acceptors (Lipinski definition) is 7. The van der Waals surface area contributed by atoms with E-state index < -0.39 is 78.5 Å². The van der Waals surface area contributed by atoms with Crippen molar-refractivity contribution < 1.29 is 39.0 Å². The quantitative estimate of drug-likeness (QED) is 0.146. The molecule has 1 aromatic carbocycles. The molecule has 0 fully saturated rings. The molecule has 0 saturated heterocycles. The molecule has 4 unspecified atom stereocenters. The Kier molecular flexibility index (Phi) is 12.0. The smallest absolute Gasteiger partial charge is 0.326 e. The topological polar surface area (TPSA) is 231 Å². The molecule has 4 amide bonds. The highest BCUT2D eigenvalue weighted by atomic mass is 16.4. The molecule has 0 aromatic heterocycles. The number of amides is 4. The molecule has 9 N–H and O–H groups in total. The van der Waals surface area contributed by atoms with Crippen LogP contribution in [0.15, 0.2) is 30.3 Å². The number of nitrogens with two attached hydrogens (primary N) is 2. The van der Waals surface area contributed by atoms with Crippen LogP contribution < -0.4 is 27.4 Å². The summed E-state index contributed by atoms with van der Waals surface area (Å²) in [5.41, 5.74) is 11.3. The molecule has 0 aliphatic heterocycles. The fourth-order valence-corrected chi connectivity index (χ4v) is 3.23. The van der Waals surface area contributed by atoms with Crippen molar-refractivity contribution in [3.8, 4) is 0 Å². The monoisotopic (exact) mass is 507 g/mol. The summed E-state index contributed by atoms with van der Waals surface area (Å²) in [6.45, 7) is 3.22. The van der Waals surface area contributed by atoms with E-state index in [1.165, 1.54) is 0 Å². The second-order valence-corrected chi connectivity index (χ2v) is 8.59. The number of hydrogen-bond donors (Lipinski definition) is 7. The van der Waals surface area contributed by atoms with Gasteiger partial charge in [-0.15, -0.1) is 0 Å². The van der Waals surface area contributed by atoms with Gasteiger partial charge in [0.05, 0.1) is 12.5 Å². The third-order valence-electron chi connectivity index (χ3n) is 5.18. The van der Waals surface area contributed by atoms with Gasteiger partial charge in [-0.05, 0) is 17.9 Å². The molecular weight excluding hydrogens is 474 g/mol. The Morgan fingerprint density at radius 3 is 1.94 bits per heavy atom. The number of carboxylic acid groups (broad SMARTS) is 2. The number of carbonyl (C=O) groups is 6. The predicted octanol–water partition coefficient (Wildman–Crippen LogP) is -1.51. The first kappa shape index (κ1) is 30.0. The number of benzene rings is 1. The van der Waals surface area contributed by atoms with Gasteiger partial charge >= 0.3 is 11.9 Å². The Bertz CT molecular complexity index is 953. The minimum Gasteiger partial charge on any atom is -0.481 e. The van der Waals surface area contributed by atoms with E-state index in [1.807, 2.05) is 0 Å². The predicted molar refractivity (Wildman–Crippen MR) is 127 cm³/mol. The zero-order valence-electron chi connectivity index (χ0n) is 20.1. The van der Waals surface area contributed by atoms with Crippen molar-refractivity contribution in [3.63, 3.8) is 0 Å². The number of carboxylic acids is 2. The third-order valence-corrected chi connectivity index (χ3v) is 5.18. The molecule has 0 spiro atoms. The fourth-order valence-electron chi connectivity index (χ4n) is 3.23. The van der Waals surface area contributed by atoms with E-state index in [1.54, 1.807) is 44.2 Å². The summed E-state index contributed by atoms with van der Waals surface area (Å²) in [7, 11) is 0. The number of nitrogens with one attached hydrogen (secondary N) is 3. The molecule has 1 rings (SSSR count). The van der Waals surface area contributed by atoms with E-state index in [2.05, 4.69) is 16.0 Å². The first-order valence-electron chi connectivity index (χ1n) is 11.2. The summed E-state index contributed by atoms with van der Waals surface area (Å²) in [5, 5.41) is 25.7. The molecule has 4 atom stereocenters. The van der Waals surface area contributed by atoms with Crippen LogP contribution in [0.25, 0.3) is 0 Å². The SMILES string of the molecule is CC(C)C(NC(=O)C(N)CC(N)=O)C(=O)NC(CCC(=O)O)C(=O)NC(Cc1ccccc1)C(=O)O. The molecule has 13 nitrogen and oxygen atoms in total. The summed E-state index contributed by atoms with van der Waals surface area (Å²) in [6, 6.07) is 3.33. The number of carbonyl (C=O) groups excluding carboxylic acids is 4. The lowest BCUT2D eigenvalue weighted by Crippen LogP contribution is -2.58. The molecule has 1 aromatic rings. The van der Waals surface area contributed by atoms with Gasteiger partial charge in [0.2, 0.25) is 23.6 Å². The summed E-state index contributed by atoms with van der Waals surface area (Å²) in [6.07, 6.45) is -1.30. The summed E-state index contributed by atoms with van der Waals surface area (Å²) in [4.78, 5) is 71.9. The molecule has 13 heteroatoms. The fraction of sp³-hybridized carbons (Fsp3) is 0.478. The minimum atomic E-state index is -1.40. The van der Waals surface area contributed by atoms with Gasteiger partial charge < -0.3 is 37.6 Å². The maximum Gasteiger partial charge on any atom is 0.326 e. The van der Waals surface area contributed by atoms with Gasteiger partial charge in [-0.2, -0.15) is 0 Å². The Morgan fingerprint density at radius 2 is 1.44 bits per heavy atom. The van der Waals surface area contributed by atoms with Crippen LogP contribution in [-0.4, -0.2) is 69.9 Å². The van der Waals surface area contributed by atoms with Crippen LogP contribution >= 0.6 is 0 Å². The van der Waals surface area contributed by atoms with Crippen LogP contribution in [0.5, 0.6) is 0 Å². The van der Waals surface area contributed by atoms with E-state index in [-0.39, 0.29) is 12.8 Å². The van der Waals surface area contributed by atoms with Crippen molar-refractivity contribution in [1.82, 2.24) is 16.0 Å². The zero-order valence-corrected chi connectivity index (χ0v) is 20.1. The summed E-state index contributed by atoms with van der Waals surface area (Å²) in [5.74, 6) is -6.36. The lowest BCUT2D eigenvalue weighted by atomic mass is 10.0. The van der Waals surface area contributed by atoms with E-state index in [0.29, 0.717) is 5.56 Å². The molecule has 0 saturated carbocycles. The summed E-state index contributed by atoms with van der Waals surface area (Å²) < 4.78 is 0. The van der Waals surface area contributed by atoms with Crippen molar-refractivity contribution >= 4 is 35.6 Å². The van der Waals surface area contributed by atoms with Gasteiger partial charge in [0.25, 0.3) is 0 Å². The van der Waals surface area contributed by atoms with E-state index in [0.717, 1.165) is 0 Å². The highest BCUT2D eigenvalue weighted by molar-refractivity contribution is 5.95. The van der Waals surface area contributed by atoms with Crippen LogP contribution in [0, 0.1) is 5.92 Å². The van der Waals surface area contributed by atoms with Crippen molar-refractivity contribution in [1.29, 1.82) is 0 Å². The second kappa shape index (κ2) is 14.4. The normalized spacial score (nSPS) is 14.1. The molecule has 0 aliphatic rings. The Balaban J connectivity index is 3.01. The lowest BCUT2D eigenvalue weighted by Gasteiger charge is -2.26. The highest BCUT2D eigenvalue weighted by Crippen LogP contribution is 2.08. The first-order valence-corrected chi connectivity index (χ1v) is 11.2. The molecule has 0 radical (unpaired) electrons. The van der Waals surface area contributed by atoms with E-state index in [9.17, 15) is 33.9 Å².